The number of nitro benzene ring substituents is 1. The first-order chi connectivity index (χ1) is 12.2. The molecule has 1 N–H and O–H groups in total. The molecule has 9 nitrogen and oxygen atoms in total. The highest BCUT2D eigenvalue weighted by Gasteiger charge is 2.17. The van der Waals surface area contributed by atoms with Crippen molar-refractivity contribution in [3.63, 3.8) is 0 Å². The Morgan fingerprint density at radius 2 is 2.08 bits per heavy atom. The molecule has 2 rings (SSSR count). The molecule has 1 aromatic heterocycles. The summed E-state index contributed by atoms with van der Waals surface area (Å²) >= 11 is 5.70. The third-order valence-corrected chi connectivity index (χ3v) is 4.09. The Morgan fingerprint density at radius 1 is 1.38 bits per heavy atom. The first kappa shape index (κ1) is 19.4. The second-order valence-electron chi connectivity index (χ2n) is 5.58. The number of rotatable bonds is 6. The molecule has 0 aliphatic carbocycles. The molecule has 0 spiro atoms. The van der Waals surface area contributed by atoms with Crippen LogP contribution in [0, 0.1) is 24.0 Å². The van der Waals surface area contributed by atoms with Gasteiger partial charge in [0.25, 0.3) is 11.6 Å². The van der Waals surface area contributed by atoms with E-state index in [-0.39, 0.29) is 22.8 Å². The molecule has 0 bridgehead atoms. The van der Waals surface area contributed by atoms with Gasteiger partial charge in [0.2, 0.25) is 0 Å². The van der Waals surface area contributed by atoms with Crippen molar-refractivity contribution in [1.82, 2.24) is 9.78 Å². The van der Waals surface area contributed by atoms with E-state index in [0.717, 1.165) is 23.0 Å². The molecule has 0 atom stereocenters. The Labute approximate surface area is 154 Å². The molecule has 1 heterocycles. The lowest BCUT2D eigenvalue weighted by Gasteiger charge is -2.07. The van der Waals surface area contributed by atoms with E-state index in [9.17, 15) is 19.7 Å². The summed E-state index contributed by atoms with van der Waals surface area (Å²) in [5, 5.41) is 17.4. The number of carbonyl (C=O) groups excluding carboxylic acids is 2. The van der Waals surface area contributed by atoms with Gasteiger partial charge in [-0.25, -0.2) is 0 Å². The third kappa shape index (κ3) is 4.57. The van der Waals surface area contributed by atoms with E-state index in [1.54, 1.807) is 18.7 Å². The minimum atomic E-state index is -0.656. The maximum absolute atomic E-state index is 11.9. The van der Waals surface area contributed by atoms with Crippen molar-refractivity contribution in [2.45, 2.75) is 20.3 Å². The van der Waals surface area contributed by atoms with E-state index in [4.69, 9.17) is 16.3 Å². The monoisotopic (exact) mass is 380 g/mol. The van der Waals surface area contributed by atoms with Gasteiger partial charge in [-0.15, -0.1) is 0 Å². The van der Waals surface area contributed by atoms with Crippen LogP contribution in [0.25, 0.3) is 0 Å². The van der Waals surface area contributed by atoms with Crippen LogP contribution in [-0.2, 0) is 27.8 Å². The van der Waals surface area contributed by atoms with Crippen molar-refractivity contribution in [3.8, 4) is 0 Å². The number of anilines is 1. The van der Waals surface area contributed by atoms with E-state index < -0.39 is 23.4 Å². The summed E-state index contributed by atoms with van der Waals surface area (Å²) in [6, 6.07) is 3.84. The number of nitrogens with one attached hydrogen (secondary N) is 1. The number of amides is 1. The van der Waals surface area contributed by atoms with E-state index in [0.29, 0.717) is 0 Å². The van der Waals surface area contributed by atoms with Crippen molar-refractivity contribution < 1.29 is 19.2 Å². The van der Waals surface area contributed by atoms with E-state index >= 15 is 0 Å². The van der Waals surface area contributed by atoms with Crippen LogP contribution in [0.4, 0.5) is 11.4 Å². The number of hydrogen-bond acceptors (Lipinski definition) is 6. The van der Waals surface area contributed by atoms with Crippen molar-refractivity contribution in [2.24, 2.45) is 7.05 Å². The molecule has 0 saturated heterocycles. The second-order valence-corrected chi connectivity index (χ2v) is 5.99. The minimum absolute atomic E-state index is 0.00516. The van der Waals surface area contributed by atoms with Crippen LogP contribution in [0.15, 0.2) is 18.2 Å². The van der Waals surface area contributed by atoms with Crippen molar-refractivity contribution in [2.75, 3.05) is 11.9 Å². The van der Waals surface area contributed by atoms with Crippen LogP contribution in [0.5, 0.6) is 0 Å². The number of nitro groups is 1. The van der Waals surface area contributed by atoms with E-state index in [1.807, 2.05) is 6.92 Å². The highest BCUT2D eigenvalue weighted by atomic mass is 35.5. The Morgan fingerprint density at radius 3 is 2.65 bits per heavy atom. The standard InChI is InChI=1S/C16H17ClN4O5/c1-9-12(10(2)20(3)19-9)7-16(23)26-8-15(22)18-11-4-5-13(17)14(6-11)21(24)25/h4-6H,7-8H2,1-3H3,(H,18,22). The van der Waals surface area contributed by atoms with Gasteiger partial charge in [-0.3, -0.25) is 24.4 Å². The number of aromatic nitrogens is 2. The number of hydrogen-bond donors (Lipinski definition) is 1. The van der Waals surface area contributed by atoms with Gasteiger partial charge in [-0.05, 0) is 26.0 Å². The summed E-state index contributed by atoms with van der Waals surface area (Å²) in [4.78, 5) is 34.0. The van der Waals surface area contributed by atoms with Crippen molar-refractivity contribution >= 4 is 34.9 Å². The molecule has 0 aliphatic rings. The maximum Gasteiger partial charge on any atom is 0.310 e. The zero-order chi connectivity index (χ0) is 19.4. The summed E-state index contributed by atoms with van der Waals surface area (Å²) in [6.07, 6.45) is 0.00516. The summed E-state index contributed by atoms with van der Waals surface area (Å²) in [5.41, 5.74) is 2.17. The lowest BCUT2D eigenvalue weighted by Crippen LogP contribution is -2.22. The van der Waals surface area contributed by atoms with Crippen molar-refractivity contribution in [1.29, 1.82) is 0 Å². The molecule has 0 fully saturated rings. The van der Waals surface area contributed by atoms with Crippen molar-refractivity contribution in [3.05, 3.63) is 50.3 Å². The van der Waals surface area contributed by atoms with Gasteiger partial charge < -0.3 is 10.1 Å². The van der Waals surface area contributed by atoms with Crippen LogP contribution >= 0.6 is 11.6 Å². The molecule has 0 radical (unpaired) electrons. The van der Waals surface area contributed by atoms with Gasteiger partial charge in [0.1, 0.15) is 5.02 Å². The summed E-state index contributed by atoms with van der Waals surface area (Å²) in [6.45, 7) is 3.12. The molecule has 2 aromatic rings. The van der Waals surface area contributed by atoms with Crippen LogP contribution < -0.4 is 5.32 Å². The molecular weight excluding hydrogens is 364 g/mol. The molecule has 1 amide bonds. The van der Waals surface area contributed by atoms with Crippen LogP contribution in [0.3, 0.4) is 0 Å². The number of nitrogens with zero attached hydrogens (tertiary/aromatic N) is 3. The SMILES string of the molecule is Cc1nn(C)c(C)c1CC(=O)OCC(=O)Nc1ccc(Cl)c([N+](=O)[O-])c1. The second kappa shape index (κ2) is 7.96. The highest BCUT2D eigenvalue weighted by molar-refractivity contribution is 6.32. The Bertz CT molecular complexity index is 878. The summed E-state index contributed by atoms with van der Waals surface area (Å²) in [7, 11) is 1.77. The molecule has 0 unspecified atom stereocenters. The van der Waals surface area contributed by atoms with Gasteiger partial charge >= 0.3 is 5.97 Å². The predicted octanol–water partition coefficient (Wildman–Crippen LogP) is 2.32. The predicted molar refractivity (Wildman–Crippen MR) is 94.1 cm³/mol. The van der Waals surface area contributed by atoms with E-state index in [2.05, 4.69) is 10.4 Å². The van der Waals surface area contributed by atoms with Gasteiger partial charge in [-0.2, -0.15) is 5.10 Å². The lowest BCUT2D eigenvalue weighted by molar-refractivity contribution is -0.384. The zero-order valence-corrected chi connectivity index (χ0v) is 15.2. The molecule has 10 heteroatoms. The van der Waals surface area contributed by atoms with Crippen LogP contribution in [-0.4, -0.2) is 33.2 Å². The van der Waals surface area contributed by atoms with Gasteiger partial charge in [-0.1, -0.05) is 11.6 Å². The number of esters is 1. The fourth-order valence-corrected chi connectivity index (χ4v) is 2.53. The fraction of sp³-hybridized carbons (Fsp3) is 0.312. The summed E-state index contributed by atoms with van der Waals surface area (Å²) in [5.74, 6) is -1.18. The molecule has 1 aromatic carbocycles. The van der Waals surface area contributed by atoms with Gasteiger partial charge in [0.15, 0.2) is 6.61 Å². The Kier molecular flexibility index (Phi) is 5.93. The maximum atomic E-state index is 11.9. The molecule has 26 heavy (non-hydrogen) atoms. The fourth-order valence-electron chi connectivity index (χ4n) is 2.34. The van der Waals surface area contributed by atoms with E-state index in [1.165, 1.54) is 12.1 Å². The summed E-state index contributed by atoms with van der Waals surface area (Å²) < 4.78 is 6.62. The largest absolute Gasteiger partial charge is 0.455 e. The van der Waals surface area contributed by atoms with Gasteiger partial charge in [0.05, 0.1) is 17.0 Å². The average molecular weight is 381 g/mol. The normalized spacial score (nSPS) is 10.5. The number of carbonyl (C=O) groups is 2. The first-order valence-electron chi connectivity index (χ1n) is 7.57. The topological polar surface area (TPSA) is 116 Å². The third-order valence-electron chi connectivity index (χ3n) is 3.77. The quantitative estimate of drug-likeness (QED) is 0.467. The number of halogens is 1. The smallest absolute Gasteiger partial charge is 0.310 e. The molecule has 0 aliphatic heterocycles. The lowest BCUT2D eigenvalue weighted by atomic mass is 10.1. The number of aryl methyl sites for hydroxylation is 2. The molecular formula is C16H17ClN4O5. The highest BCUT2D eigenvalue weighted by Crippen LogP contribution is 2.27. The van der Waals surface area contributed by atoms with Crippen LogP contribution in [0.1, 0.15) is 17.0 Å². The Hall–Kier alpha value is -2.94. The van der Waals surface area contributed by atoms with Crippen LogP contribution in [0.2, 0.25) is 5.02 Å². The Balaban J connectivity index is 1.91. The molecule has 0 saturated carbocycles. The average Bonchev–Trinajstić information content (AvgIpc) is 2.81. The number of ether oxygens (including phenoxy) is 1. The zero-order valence-electron chi connectivity index (χ0n) is 14.4. The van der Waals surface area contributed by atoms with Gasteiger partial charge in [0, 0.05) is 30.1 Å². The minimum Gasteiger partial charge on any atom is -0.455 e. The first-order valence-corrected chi connectivity index (χ1v) is 7.95. The molecule has 138 valence electrons. The number of benzene rings is 1.